The van der Waals surface area contributed by atoms with Crippen LogP contribution in [0.4, 0.5) is 9.93 Å². The number of urea groups is 1. The number of hydrogen-bond acceptors (Lipinski definition) is 6. The molecule has 3 aromatic heterocycles. The minimum absolute atomic E-state index is 0.101. The first-order chi connectivity index (χ1) is 11.6. The molecule has 0 bridgehead atoms. The summed E-state index contributed by atoms with van der Waals surface area (Å²) in [6, 6.07) is 2.98. The van der Waals surface area contributed by atoms with Crippen molar-refractivity contribution >= 4 is 38.8 Å². The minimum atomic E-state index is -1.04. The molecule has 0 saturated carbocycles. The van der Waals surface area contributed by atoms with Gasteiger partial charge < -0.3 is 10.4 Å². The van der Waals surface area contributed by atoms with Gasteiger partial charge in [-0.2, -0.15) is 0 Å². The predicted octanol–water partition coefficient (Wildman–Crippen LogP) is 2.59. The van der Waals surface area contributed by atoms with Crippen LogP contribution < -0.4 is 10.6 Å². The highest BCUT2D eigenvalue weighted by Crippen LogP contribution is 2.28. The topological polar surface area (TPSA) is 117 Å². The monoisotopic (exact) mass is 343 g/mol. The number of fused-ring (bicyclic) bond motifs is 1. The number of pyridine rings is 2. The SMILES string of the molecule is CCNC(=O)Nc1nc2cc(-c3cncc(C(=O)O)c3)cnc2s1. The van der Waals surface area contributed by atoms with Crippen LogP contribution in [0.2, 0.25) is 0 Å². The van der Waals surface area contributed by atoms with Crippen LogP contribution in [0.1, 0.15) is 17.3 Å². The Labute approximate surface area is 140 Å². The Hall–Kier alpha value is -3.07. The van der Waals surface area contributed by atoms with Crippen molar-refractivity contribution in [2.24, 2.45) is 0 Å². The molecule has 2 amide bonds. The smallest absolute Gasteiger partial charge is 0.337 e. The molecule has 122 valence electrons. The molecule has 0 aromatic carbocycles. The first kappa shape index (κ1) is 15.8. The Bertz CT molecular complexity index is 924. The number of hydrogen-bond donors (Lipinski definition) is 3. The maximum absolute atomic E-state index is 11.5. The number of anilines is 1. The molecule has 9 heteroatoms. The molecule has 3 heterocycles. The highest BCUT2D eigenvalue weighted by Gasteiger charge is 2.11. The zero-order chi connectivity index (χ0) is 17.1. The van der Waals surface area contributed by atoms with Crippen molar-refractivity contribution < 1.29 is 14.7 Å². The van der Waals surface area contributed by atoms with Crippen LogP contribution in [0.25, 0.3) is 21.5 Å². The molecular formula is C15H13N5O3S. The minimum Gasteiger partial charge on any atom is -0.478 e. The lowest BCUT2D eigenvalue weighted by molar-refractivity contribution is 0.0696. The van der Waals surface area contributed by atoms with Gasteiger partial charge >= 0.3 is 12.0 Å². The molecule has 8 nitrogen and oxygen atoms in total. The summed E-state index contributed by atoms with van der Waals surface area (Å²) in [5.41, 5.74) is 2.05. The molecule has 0 aliphatic carbocycles. The molecule has 0 saturated heterocycles. The molecule has 24 heavy (non-hydrogen) atoms. The average Bonchev–Trinajstić information content (AvgIpc) is 2.96. The fourth-order valence-corrected chi connectivity index (χ4v) is 2.84. The Morgan fingerprint density at radius 1 is 1.21 bits per heavy atom. The lowest BCUT2D eigenvalue weighted by Crippen LogP contribution is -2.28. The molecule has 0 spiro atoms. The van der Waals surface area contributed by atoms with Gasteiger partial charge in [-0.3, -0.25) is 10.3 Å². The Kier molecular flexibility index (Phi) is 4.34. The van der Waals surface area contributed by atoms with E-state index in [4.69, 9.17) is 5.11 Å². The third-order valence-electron chi connectivity index (χ3n) is 3.12. The van der Waals surface area contributed by atoms with Crippen molar-refractivity contribution in [1.29, 1.82) is 0 Å². The van der Waals surface area contributed by atoms with Crippen LogP contribution in [0.5, 0.6) is 0 Å². The standard InChI is InChI=1S/C15H13N5O3S/c1-2-17-14(23)20-15-19-11-4-9(7-18-12(11)24-15)8-3-10(13(21)22)6-16-5-8/h3-7H,2H2,1H3,(H,21,22)(H2,17,19,20,23). The molecule has 0 unspecified atom stereocenters. The number of thiazole rings is 1. The largest absolute Gasteiger partial charge is 0.478 e. The molecule has 0 aliphatic heterocycles. The van der Waals surface area contributed by atoms with E-state index < -0.39 is 5.97 Å². The van der Waals surface area contributed by atoms with Crippen molar-refractivity contribution in [3.8, 4) is 11.1 Å². The summed E-state index contributed by atoms with van der Waals surface area (Å²) in [4.78, 5) is 35.8. The normalized spacial score (nSPS) is 10.5. The average molecular weight is 343 g/mol. The van der Waals surface area contributed by atoms with Crippen LogP contribution in [-0.4, -0.2) is 38.6 Å². The summed E-state index contributed by atoms with van der Waals surface area (Å²) in [5.74, 6) is -1.04. The molecule has 0 aliphatic rings. The van der Waals surface area contributed by atoms with E-state index in [1.165, 1.54) is 23.6 Å². The van der Waals surface area contributed by atoms with Crippen LogP contribution in [-0.2, 0) is 0 Å². The fourth-order valence-electron chi connectivity index (χ4n) is 2.05. The number of rotatable bonds is 4. The molecule has 0 radical (unpaired) electrons. The second kappa shape index (κ2) is 6.59. The third-order valence-corrected chi connectivity index (χ3v) is 4.02. The Morgan fingerprint density at radius 2 is 2.00 bits per heavy atom. The number of carbonyl (C=O) groups is 2. The van der Waals surface area contributed by atoms with Gasteiger partial charge in [0.1, 0.15) is 10.3 Å². The second-order valence-corrected chi connectivity index (χ2v) is 5.80. The molecule has 3 aromatic rings. The maximum Gasteiger partial charge on any atom is 0.337 e. The second-order valence-electron chi connectivity index (χ2n) is 4.82. The van der Waals surface area contributed by atoms with Crippen molar-refractivity contribution in [3.63, 3.8) is 0 Å². The zero-order valence-corrected chi connectivity index (χ0v) is 13.4. The fraction of sp³-hybridized carbons (Fsp3) is 0.133. The number of aromatic carboxylic acids is 1. The number of aromatic nitrogens is 3. The van der Waals surface area contributed by atoms with E-state index in [1.54, 1.807) is 18.5 Å². The van der Waals surface area contributed by atoms with E-state index >= 15 is 0 Å². The van der Waals surface area contributed by atoms with Crippen LogP contribution in [0.15, 0.2) is 30.7 Å². The third kappa shape index (κ3) is 3.30. The predicted molar refractivity (Wildman–Crippen MR) is 90.3 cm³/mol. The molecule has 0 atom stereocenters. The van der Waals surface area contributed by atoms with Crippen molar-refractivity contribution in [2.45, 2.75) is 6.92 Å². The number of carbonyl (C=O) groups excluding carboxylic acids is 1. The van der Waals surface area contributed by atoms with Gasteiger partial charge in [0.15, 0.2) is 5.13 Å². The van der Waals surface area contributed by atoms with Gasteiger partial charge in [-0.15, -0.1) is 0 Å². The Balaban J connectivity index is 1.92. The Morgan fingerprint density at radius 3 is 2.75 bits per heavy atom. The molecule has 0 fully saturated rings. The summed E-state index contributed by atoms with van der Waals surface area (Å²) in [7, 11) is 0. The van der Waals surface area contributed by atoms with Gasteiger partial charge in [-0.1, -0.05) is 11.3 Å². The highest BCUT2D eigenvalue weighted by molar-refractivity contribution is 7.21. The van der Waals surface area contributed by atoms with Gasteiger partial charge in [0.25, 0.3) is 0 Å². The number of amides is 2. The number of nitrogens with one attached hydrogen (secondary N) is 2. The van der Waals surface area contributed by atoms with E-state index in [0.29, 0.717) is 33.2 Å². The lowest BCUT2D eigenvalue weighted by Gasteiger charge is -2.01. The van der Waals surface area contributed by atoms with Gasteiger partial charge in [-0.25, -0.2) is 19.6 Å². The van der Waals surface area contributed by atoms with Crippen LogP contribution in [0, 0.1) is 0 Å². The first-order valence-corrected chi connectivity index (χ1v) is 7.88. The summed E-state index contributed by atoms with van der Waals surface area (Å²) < 4.78 is 0. The first-order valence-electron chi connectivity index (χ1n) is 7.07. The van der Waals surface area contributed by atoms with E-state index in [-0.39, 0.29) is 11.6 Å². The quantitative estimate of drug-likeness (QED) is 0.670. The number of carboxylic acid groups (broad SMARTS) is 1. The lowest BCUT2D eigenvalue weighted by atomic mass is 10.1. The summed E-state index contributed by atoms with van der Waals surface area (Å²) in [5, 5.41) is 14.8. The van der Waals surface area contributed by atoms with Gasteiger partial charge in [0.2, 0.25) is 0 Å². The zero-order valence-electron chi connectivity index (χ0n) is 12.6. The van der Waals surface area contributed by atoms with Crippen molar-refractivity contribution in [1.82, 2.24) is 20.3 Å². The van der Waals surface area contributed by atoms with Crippen molar-refractivity contribution in [3.05, 3.63) is 36.3 Å². The molecule has 3 N–H and O–H groups in total. The van der Waals surface area contributed by atoms with E-state index in [2.05, 4.69) is 25.6 Å². The van der Waals surface area contributed by atoms with Crippen molar-refractivity contribution in [2.75, 3.05) is 11.9 Å². The number of nitrogens with zero attached hydrogens (tertiary/aromatic N) is 3. The van der Waals surface area contributed by atoms with E-state index in [9.17, 15) is 9.59 Å². The van der Waals surface area contributed by atoms with Gasteiger partial charge in [-0.05, 0) is 19.1 Å². The van der Waals surface area contributed by atoms with Crippen LogP contribution >= 0.6 is 11.3 Å². The summed E-state index contributed by atoms with van der Waals surface area (Å²) in [6.45, 7) is 2.34. The van der Waals surface area contributed by atoms with E-state index in [1.807, 2.05) is 6.92 Å². The maximum atomic E-state index is 11.5. The number of carboxylic acids is 1. The van der Waals surface area contributed by atoms with Crippen LogP contribution in [0.3, 0.4) is 0 Å². The molecular weight excluding hydrogens is 330 g/mol. The van der Waals surface area contributed by atoms with Gasteiger partial charge in [0.05, 0.1) is 5.56 Å². The van der Waals surface area contributed by atoms with E-state index in [0.717, 1.165) is 0 Å². The van der Waals surface area contributed by atoms with Gasteiger partial charge in [0, 0.05) is 36.3 Å². The summed E-state index contributed by atoms with van der Waals surface area (Å²) >= 11 is 1.26. The highest BCUT2D eigenvalue weighted by atomic mass is 32.1. The summed E-state index contributed by atoms with van der Waals surface area (Å²) in [6.07, 6.45) is 4.48. The molecule has 3 rings (SSSR count).